The quantitative estimate of drug-likeness (QED) is 0.770. The minimum absolute atomic E-state index is 0.00361. The normalized spacial score (nSPS) is 23.0. The van der Waals surface area contributed by atoms with Crippen molar-refractivity contribution in [2.45, 2.75) is 45.9 Å². The van der Waals surface area contributed by atoms with Gasteiger partial charge < -0.3 is 14.2 Å². The Bertz CT molecular complexity index is 832. The number of hydrogen-bond donors (Lipinski definition) is 0. The molecule has 2 aromatic rings. The second-order valence-electron chi connectivity index (χ2n) is 6.60. The van der Waals surface area contributed by atoms with Gasteiger partial charge in [-0.1, -0.05) is 5.21 Å². The van der Waals surface area contributed by atoms with Crippen LogP contribution in [0.2, 0.25) is 0 Å². The first-order chi connectivity index (χ1) is 12.4. The van der Waals surface area contributed by atoms with Crippen LogP contribution in [0, 0.1) is 19.8 Å². The van der Waals surface area contributed by atoms with Gasteiger partial charge in [0.25, 0.3) is 0 Å². The lowest BCUT2D eigenvalue weighted by Crippen LogP contribution is -2.41. The summed E-state index contributed by atoms with van der Waals surface area (Å²) in [6, 6.07) is 4.02. The van der Waals surface area contributed by atoms with Gasteiger partial charge in [0.15, 0.2) is 6.23 Å². The van der Waals surface area contributed by atoms with Crippen LogP contribution in [-0.2, 0) is 23.8 Å². The van der Waals surface area contributed by atoms with E-state index in [-0.39, 0.29) is 18.8 Å². The molecule has 2 heterocycles. The SMILES string of the molecule is COC(=O)[C@H]1CC[C@H](n2nnc3cc(C)c(C)cc32)O[C@H]1COC(C)=O. The molecule has 1 aliphatic rings. The molecule has 1 aliphatic heterocycles. The summed E-state index contributed by atoms with van der Waals surface area (Å²) in [5.74, 6) is -1.26. The van der Waals surface area contributed by atoms with Gasteiger partial charge >= 0.3 is 11.9 Å². The minimum atomic E-state index is -0.587. The second kappa shape index (κ2) is 7.41. The maximum atomic E-state index is 12.0. The molecule has 3 rings (SSSR count). The average Bonchev–Trinajstić information content (AvgIpc) is 3.02. The zero-order valence-corrected chi connectivity index (χ0v) is 15.4. The molecule has 140 valence electrons. The summed E-state index contributed by atoms with van der Waals surface area (Å²) >= 11 is 0. The summed E-state index contributed by atoms with van der Waals surface area (Å²) in [4.78, 5) is 23.2. The summed E-state index contributed by atoms with van der Waals surface area (Å²) in [5.41, 5.74) is 3.96. The van der Waals surface area contributed by atoms with Gasteiger partial charge in [-0.3, -0.25) is 9.59 Å². The Morgan fingerprint density at radius 2 is 2.00 bits per heavy atom. The minimum Gasteiger partial charge on any atom is -0.469 e. The predicted molar refractivity (Wildman–Crippen MR) is 92.3 cm³/mol. The number of ether oxygens (including phenoxy) is 3. The summed E-state index contributed by atoms with van der Waals surface area (Å²) in [5, 5.41) is 8.46. The predicted octanol–water partition coefficient (Wildman–Crippen LogP) is 2.08. The highest BCUT2D eigenvalue weighted by atomic mass is 16.6. The number of hydrogen-bond acceptors (Lipinski definition) is 7. The third kappa shape index (κ3) is 3.55. The molecule has 0 saturated carbocycles. The average molecular weight is 361 g/mol. The van der Waals surface area contributed by atoms with Gasteiger partial charge in [-0.05, 0) is 49.9 Å². The number of aryl methyl sites for hydroxylation is 2. The van der Waals surface area contributed by atoms with Crippen LogP contribution in [0.15, 0.2) is 12.1 Å². The maximum Gasteiger partial charge on any atom is 0.311 e. The van der Waals surface area contributed by atoms with Crippen LogP contribution in [0.4, 0.5) is 0 Å². The Morgan fingerprint density at radius 3 is 2.69 bits per heavy atom. The standard InChI is InChI=1S/C18H23N3O5/c1-10-7-14-15(8-11(10)2)21(20-19-14)17-6-5-13(18(23)24-4)16(26-17)9-25-12(3)22/h7-8,13,16-17H,5-6,9H2,1-4H3/t13-,16-,17+/m0/s1. The van der Waals surface area contributed by atoms with Crippen LogP contribution >= 0.6 is 0 Å². The molecule has 8 heteroatoms. The Morgan fingerprint density at radius 1 is 1.27 bits per heavy atom. The first-order valence-electron chi connectivity index (χ1n) is 8.59. The number of carbonyl (C=O) groups excluding carboxylic acids is 2. The highest BCUT2D eigenvalue weighted by Gasteiger charge is 2.38. The van der Waals surface area contributed by atoms with Crippen molar-refractivity contribution in [3.05, 3.63) is 23.3 Å². The van der Waals surface area contributed by atoms with E-state index in [1.807, 2.05) is 26.0 Å². The number of carbonyl (C=O) groups is 2. The third-order valence-corrected chi connectivity index (χ3v) is 4.82. The molecule has 0 bridgehead atoms. The topological polar surface area (TPSA) is 92.5 Å². The second-order valence-corrected chi connectivity index (χ2v) is 6.60. The molecule has 1 saturated heterocycles. The molecule has 1 fully saturated rings. The van der Waals surface area contributed by atoms with Crippen molar-refractivity contribution < 1.29 is 23.8 Å². The van der Waals surface area contributed by atoms with Crippen molar-refractivity contribution >= 4 is 23.0 Å². The Labute approximate surface area is 151 Å². The van der Waals surface area contributed by atoms with E-state index < -0.39 is 18.0 Å². The largest absolute Gasteiger partial charge is 0.469 e. The van der Waals surface area contributed by atoms with Crippen molar-refractivity contribution in [3.63, 3.8) is 0 Å². The van der Waals surface area contributed by atoms with Crippen LogP contribution < -0.4 is 0 Å². The Kier molecular flexibility index (Phi) is 5.22. The molecule has 0 aliphatic carbocycles. The Hall–Kier alpha value is -2.48. The van der Waals surface area contributed by atoms with Gasteiger partial charge in [0.05, 0.1) is 18.5 Å². The number of rotatable bonds is 4. The zero-order valence-electron chi connectivity index (χ0n) is 15.4. The van der Waals surface area contributed by atoms with Gasteiger partial charge in [0, 0.05) is 6.92 Å². The molecule has 3 atom stereocenters. The monoisotopic (exact) mass is 361 g/mol. The lowest BCUT2D eigenvalue weighted by atomic mass is 9.93. The fourth-order valence-corrected chi connectivity index (χ4v) is 3.24. The number of aromatic nitrogens is 3. The molecule has 0 amide bonds. The molecule has 0 N–H and O–H groups in total. The van der Waals surface area contributed by atoms with E-state index in [0.717, 1.165) is 22.2 Å². The smallest absolute Gasteiger partial charge is 0.311 e. The number of methoxy groups -OCH3 is 1. The molecule has 8 nitrogen and oxygen atoms in total. The molecule has 26 heavy (non-hydrogen) atoms. The van der Waals surface area contributed by atoms with E-state index in [0.29, 0.717) is 12.8 Å². The van der Waals surface area contributed by atoms with Crippen LogP contribution in [0.25, 0.3) is 11.0 Å². The van der Waals surface area contributed by atoms with Crippen molar-refractivity contribution in [1.29, 1.82) is 0 Å². The number of esters is 2. The summed E-state index contributed by atoms with van der Waals surface area (Å²) in [6.07, 6.45) is 0.163. The van der Waals surface area contributed by atoms with Crippen molar-refractivity contribution in [2.24, 2.45) is 5.92 Å². The van der Waals surface area contributed by atoms with E-state index in [1.165, 1.54) is 14.0 Å². The highest BCUT2D eigenvalue weighted by molar-refractivity contribution is 5.76. The van der Waals surface area contributed by atoms with E-state index in [9.17, 15) is 9.59 Å². The molecule has 1 aromatic heterocycles. The van der Waals surface area contributed by atoms with E-state index in [1.54, 1.807) is 4.68 Å². The molecule has 1 aromatic carbocycles. The first-order valence-corrected chi connectivity index (χ1v) is 8.59. The van der Waals surface area contributed by atoms with Crippen LogP contribution in [0.3, 0.4) is 0 Å². The number of fused-ring (bicyclic) bond motifs is 1. The lowest BCUT2D eigenvalue weighted by Gasteiger charge is -2.34. The van der Waals surface area contributed by atoms with Gasteiger partial charge in [-0.25, -0.2) is 4.68 Å². The zero-order chi connectivity index (χ0) is 18.8. The Balaban J connectivity index is 1.86. The van der Waals surface area contributed by atoms with E-state index in [4.69, 9.17) is 14.2 Å². The van der Waals surface area contributed by atoms with Gasteiger partial charge in [-0.2, -0.15) is 0 Å². The van der Waals surface area contributed by atoms with Gasteiger partial charge in [-0.15, -0.1) is 5.10 Å². The third-order valence-electron chi connectivity index (χ3n) is 4.82. The van der Waals surface area contributed by atoms with Crippen molar-refractivity contribution in [2.75, 3.05) is 13.7 Å². The summed E-state index contributed by atoms with van der Waals surface area (Å²) in [7, 11) is 1.34. The maximum absolute atomic E-state index is 12.0. The highest BCUT2D eigenvalue weighted by Crippen LogP contribution is 2.33. The van der Waals surface area contributed by atoms with Gasteiger partial charge in [0.1, 0.15) is 18.2 Å². The molecule has 0 radical (unpaired) electrons. The van der Waals surface area contributed by atoms with E-state index in [2.05, 4.69) is 10.3 Å². The van der Waals surface area contributed by atoms with Crippen LogP contribution in [-0.4, -0.2) is 46.8 Å². The molecular formula is C18H23N3O5. The number of benzene rings is 1. The van der Waals surface area contributed by atoms with Crippen molar-refractivity contribution in [1.82, 2.24) is 15.0 Å². The summed E-state index contributed by atoms with van der Waals surface area (Å²) in [6.45, 7) is 5.38. The van der Waals surface area contributed by atoms with Gasteiger partial charge in [0.2, 0.25) is 0 Å². The fourth-order valence-electron chi connectivity index (χ4n) is 3.24. The van der Waals surface area contributed by atoms with Crippen LogP contribution in [0.1, 0.15) is 37.1 Å². The molecule has 0 unspecified atom stereocenters. The summed E-state index contributed by atoms with van der Waals surface area (Å²) < 4.78 is 17.7. The lowest BCUT2D eigenvalue weighted by molar-refractivity contribution is -0.180. The van der Waals surface area contributed by atoms with Crippen LogP contribution in [0.5, 0.6) is 0 Å². The fraction of sp³-hybridized carbons (Fsp3) is 0.556. The van der Waals surface area contributed by atoms with E-state index >= 15 is 0 Å². The molecular weight excluding hydrogens is 338 g/mol. The molecule has 0 spiro atoms. The first kappa shape index (κ1) is 18.3. The number of nitrogens with zero attached hydrogens (tertiary/aromatic N) is 3. The van der Waals surface area contributed by atoms with Crippen molar-refractivity contribution in [3.8, 4) is 0 Å².